The molecule has 0 aromatic rings. The van der Waals surface area contributed by atoms with E-state index in [2.05, 4.69) is 24.1 Å². The van der Waals surface area contributed by atoms with Crippen molar-refractivity contribution < 1.29 is 9.47 Å². The maximum Gasteiger partial charge on any atom is 0.106 e. The van der Waals surface area contributed by atoms with Crippen LogP contribution in [0.1, 0.15) is 39.5 Å². The Morgan fingerprint density at radius 1 is 1.37 bits per heavy atom. The van der Waals surface area contributed by atoms with Gasteiger partial charge in [-0.3, -0.25) is 0 Å². The number of nitrogens with one attached hydrogen (secondary N) is 1. The lowest BCUT2D eigenvalue weighted by Crippen LogP contribution is -2.50. The first-order chi connectivity index (χ1) is 9.17. The summed E-state index contributed by atoms with van der Waals surface area (Å²) in [4.78, 5) is 2.58. The van der Waals surface area contributed by atoms with Gasteiger partial charge in [0.1, 0.15) is 5.60 Å². The summed E-state index contributed by atoms with van der Waals surface area (Å²) < 4.78 is 11.3. The van der Waals surface area contributed by atoms with E-state index in [9.17, 15) is 0 Å². The van der Waals surface area contributed by atoms with Gasteiger partial charge in [-0.05, 0) is 39.3 Å². The normalized spacial score (nSPS) is 38.1. The van der Waals surface area contributed by atoms with Crippen molar-refractivity contribution in [3.8, 4) is 0 Å². The largest absolute Gasteiger partial charge is 0.378 e. The Labute approximate surface area is 117 Å². The number of nitrogens with zero attached hydrogens (tertiary/aromatic N) is 1. The molecule has 3 atom stereocenters. The highest BCUT2D eigenvalue weighted by Crippen LogP contribution is 2.24. The van der Waals surface area contributed by atoms with E-state index < -0.39 is 0 Å². The molecule has 2 heterocycles. The molecule has 2 fully saturated rings. The molecule has 0 spiro atoms. The highest BCUT2D eigenvalue weighted by molar-refractivity contribution is 4.89. The Hall–Kier alpha value is -0.160. The molecule has 0 bridgehead atoms. The van der Waals surface area contributed by atoms with Gasteiger partial charge in [0, 0.05) is 38.8 Å². The van der Waals surface area contributed by atoms with Crippen LogP contribution in [-0.4, -0.2) is 62.5 Å². The third kappa shape index (κ3) is 4.15. The average Bonchev–Trinajstić information content (AvgIpc) is 2.87. The second-order valence-electron chi connectivity index (χ2n) is 6.22. The van der Waals surface area contributed by atoms with E-state index in [1.807, 2.05) is 7.11 Å². The molecule has 2 saturated heterocycles. The number of hydrogen-bond donors (Lipinski definition) is 1. The highest BCUT2D eigenvalue weighted by Gasteiger charge is 2.37. The molecule has 0 aromatic carbocycles. The molecule has 2 aliphatic heterocycles. The van der Waals surface area contributed by atoms with Gasteiger partial charge >= 0.3 is 0 Å². The average molecular weight is 270 g/mol. The Kier molecular flexibility index (Phi) is 5.63. The third-order valence-electron chi connectivity index (χ3n) is 4.70. The molecule has 0 saturated carbocycles. The van der Waals surface area contributed by atoms with Gasteiger partial charge < -0.3 is 19.7 Å². The Bertz CT molecular complexity index is 267. The van der Waals surface area contributed by atoms with Gasteiger partial charge in [-0.25, -0.2) is 0 Å². The topological polar surface area (TPSA) is 33.7 Å². The van der Waals surface area contributed by atoms with Crippen molar-refractivity contribution in [2.24, 2.45) is 0 Å². The van der Waals surface area contributed by atoms with Gasteiger partial charge in [-0.15, -0.1) is 0 Å². The summed E-state index contributed by atoms with van der Waals surface area (Å²) in [6.45, 7) is 9.53. The summed E-state index contributed by atoms with van der Waals surface area (Å²) in [7, 11) is 1.83. The Morgan fingerprint density at radius 3 is 2.79 bits per heavy atom. The van der Waals surface area contributed by atoms with Crippen LogP contribution in [0, 0.1) is 0 Å². The summed E-state index contributed by atoms with van der Waals surface area (Å²) in [5.74, 6) is 0. The Balaban J connectivity index is 1.91. The Morgan fingerprint density at radius 2 is 2.16 bits per heavy atom. The zero-order valence-electron chi connectivity index (χ0n) is 12.8. The summed E-state index contributed by atoms with van der Waals surface area (Å²) in [5, 5.41) is 3.72. The zero-order valence-corrected chi connectivity index (χ0v) is 12.8. The van der Waals surface area contributed by atoms with Crippen molar-refractivity contribution in [1.29, 1.82) is 0 Å². The summed E-state index contributed by atoms with van der Waals surface area (Å²) in [6, 6.07) is 1.28. The van der Waals surface area contributed by atoms with E-state index in [1.54, 1.807) is 0 Å². The van der Waals surface area contributed by atoms with Crippen molar-refractivity contribution in [3.05, 3.63) is 0 Å². The van der Waals surface area contributed by atoms with Crippen LogP contribution in [0.5, 0.6) is 0 Å². The van der Waals surface area contributed by atoms with Crippen LogP contribution in [0.4, 0.5) is 0 Å². The SMILES string of the molecule is CCC1CCN(CC2(OC)CCOC2)CCC(C)N1. The van der Waals surface area contributed by atoms with Crippen LogP contribution in [0.25, 0.3) is 0 Å². The van der Waals surface area contributed by atoms with Crippen LogP contribution >= 0.6 is 0 Å². The minimum atomic E-state index is -0.0580. The quantitative estimate of drug-likeness (QED) is 0.842. The van der Waals surface area contributed by atoms with Gasteiger partial charge in [0.2, 0.25) is 0 Å². The molecule has 0 amide bonds. The molecular formula is C15H30N2O2. The van der Waals surface area contributed by atoms with E-state index in [0.717, 1.165) is 32.7 Å². The number of ether oxygens (including phenoxy) is 2. The fourth-order valence-corrected chi connectivity index (χ4v) is 3.22. The number of rotatable bonds is 4. The zero-order chi connectivity index (χ0) is 13.7. The van der Waals surface area contributed by atoms with Crippen LogP contribution in [0.15, 0.2) is 0 Å². The summed E-state index contributed by atoms with van der Waals surface area (Å²) in [6.07, 6.45) is 4.71. The van der Waals surface area contributed by atoms with Gasteiger partial charge in [0.05, 0.1) is 6.61 Å². The molecule has 112 valence electrons. The van der Waals surface area contributed by atoms with Gasteiger partial charge in [0.15, 0.2) is 0 Å². The fourth-order valence-electron chi connectivity index (χ4n) is 3.22. The van der Waals surface area contributed by atoms with E-state index >= 15 is 0 Å². The first-order valence-corrected chi connectivity index (χ1v) is 7.79. The van der Waals surface area contributed by atoms with Gasteiger partial charge in [-0.2, -0.15) is 0 Å². The van der Waals surface area contributed by atoms with E-state index in [1.165, 1.54) is 25.8 Å². The van der Waals surface area contributed by atoms with Crippen molar-refractivity contribution >= 4 is 0 Å². The van der Waals surface area contributed by atoms with Crippen molar-refractivity contribution in [3.63, 3.8) is 0 Å². The molecule has 4 nitrogen and oxygen atoms in total. The van der Waals surface area contributed by atoms with Gasteiger partial charge in [0.25, 0.3) is 0 Å². The van der Waals surface area contributed by atoms with E-state index in [-0.39, 0.29) is 5.60 Å². The maximum absolute atomic E-state index is 5.77. The molecule has 0 radical (unpaired) electrons. The molecule has 0 aliphatic carbocycles. The lowest BCUT2D eigenvalue weighted by Gasteiger charge is -2.37. The van der Waals surface area contributed by atoms with Crippen LogP contribution < -0.4 is 5.32 Å². The lowest BCUT2D eigenvalue weighted by molar-refractivity contribution is -0.0427. The minimum Gasteiger partial charge on any atom is -0.378 e. The molecule has 19 heavy (non-hydrogen) atoms. The molecular weight excluding hydrogens is 240 g/mol. The predicted molar refractivity (Wildman–Crippen MR) is 77.5 cm³/mol. The number of methoxy groups -OCH3 is 1. The fraction of sp³-hybridized carbons (Fsp3) is 1.00. The third-order valence-corrected chi connectivity index (χ3v) is 4.70. The molecule has 3 unspecified atom stereocenters. The molecule has 1 N–H and O–H groups in total. The molecule has 2 aliphatic rings. The van der Waals surface area contributed by atoms with E-state index in [4.69, 9.17) is 9.47 Å². The molecule has 2 rings (SSSR count). The lowest BCUT2D eigenvalue weighted by atomic mass is 10.00. The smallest absolute Gasteiger partial charge is 0.106 e. The maximum atomic E-state index is 5.77. The molecule has 0 aromatic heterocycles. The second-order valence-corrected chi connectivity index (χ2v) is 6.22. The first-order valence-electron chi connectivity index (χ1n) is 7.79. The van der Waals surface area contributed by atoms with Crippen molar-refractivity contribution in [2.45, 2.75) is 57.2 Å². The highest BCUT2D eigenvalue weighted by atomic mass is 16.5. The minimum absolute atomic E-state index is 0.0580. The summed E-state index contributed by atoms with van der Waals surface area (Å²) >= 11 is 0. The van der Waals surface area contributed by atoms with Crippen LogP contribution in [0.3, 0.4) is 0 Å². The summed E-state index contributed by atoms with van der Waals surface area (Å²) in [5.41, 5.74) is -0.0580. The predicted octanol–water partition coefficient (Wildman–Crippen LogP) is 1.64. The number of hydrogen-bond acceptors (Lipinski definition) is 4. The van der Waals surface area contributed by atoms with Crippen LogP contribution in [-0.2, 0) is 9.47 Å². The standard InChI is InChI=1S/C15H30N2O2/c1-4-14-6-9-17(8-5-13(2)16-14)11-15(18-3)7-10-19-12-15/h13-14,16H,4-12H2,1-3H3. The van der Waals surface area contributed by atoms with Gasteiger partial charge in [-0.1, -0.05) is 6.92 Å². The van der Waals surface area contributed by atoms with Crippen LogP contribution in [0.2, 0.25) is 0 Å². The first kappa shape index (κ1) is 15.2. The second kappa shape index (κ2) is 7.02. The van der Waals surface area contributed by atoms with E-state index in [0.29, 0.717) is 12.1 Å². The van der Waals surface area contributed by atoms with Crippen molar-refractivity contribution in [1.82, 2.24) is 10.2 Å². The molecule has 4 heteroatoms. The van der Waals surface area contributed by atoms with Crippen molar-refractivity contribution in [2.75, 3.05) is 40.0 Å². The monoisotopic (exact) mass is 270 g/mol.